The molecule has 2 aromatic carbocycles. The van der Waals surface area contributed by atoms with Gasteiger partial charge < -0.3 is 14.4 Å². The number of benzene rings is 2. The van der Waals surface area contributed by atoms with E-state index < -0.39 is 0 Å². The second-order valence-corrected chi connectivity index (χ2v) is 8.16. The molecule has 0 N–H and O–H groups in total. The zero-order chi connectivity index (χ0) is 21.3. The summed E-state index contributed by atoms with van der Waals surface area (Å²) in [6, 6.07) is 15.9. The van der Waals surface area contributed by atoms with Gasteiger partial charge in [0.15, 0.2) is 5.78 Å². The minimum absolute atomic E-state index is 0.0241. The fourth-order valence-corrected chi connectivity index (χ4v) is 4.05. The Morgan fingerprint density at radius 2 is 1.61 bits per heavy atom. The van der Waals surface area contributed by atoms with E-state index in [1.807, 2.05) is 42.5 Å². The monoisotopic (exact) mass is 420 g/mol. The quantitative estimate of drug-likeness (QED) is 0.471. The van der Waals surface area contributed by atoms with E-state index in [1.54, 1.807) is 6.08 Å². The summed E-state index contributed by atoms with van der Waals surface area (Å²) < 4.78 is 11.2. The van der Waals surface area contributed by atoms with E-state index in [0.29, 0.717) is 6.61 Å². The molecule has 2 aliphatic rings. The van der Waals surface area contributed by atoms with Crippen molar-refractivity contribution in [3.05, 3.63) is 65.7 Å². The molecule has 5 heteroatoms. The lowest BCUT2D eigenvalue weighted by atomic mass is 10.1. The summed E-state index contributed by atoms with van der Waals surface area (Å²) in [5.74, 6) is 0.876. The summed E-state index contributed by atoms with van der Waals surface area (Å²) in [7, 11) is 0. The Labute approximate surface area is 185 Å². The largest absolute Gasteiger partial charge is 0.492 e. The van der Waals surface area contributed by atoms with Crippen LogP contribution >= 0.6 is 0 Å². The first-order chi connectivity index (χ1) is 15.3. The molecule has 2 saturated heterocycles. The number of nitrogens with zero attached hydrogens (tertiary/aromatic N) is 2. The van der Waals surface area contributed by atoms with Gasteiger partial charge in [0.2, 0.25) is 0 Å². The Bertz CT molecular complexity index is 849. The van der Waals surface area contributed by atoms with Crippen molar-refractivity contribution in [3.63, 3.8) is 0 Å². The normalized spacial score (nSPS) is 17.7. The number of morpholine rings is 1. The van der Waals surface area contributed by atoms with Gasteiger partial charge >= 0.3 is 0 Å². The molecule has 0 unspecified atom stereocenters. The molecule has 2 aliphatic heterocycles. The predicted octanol–water partition coefficient (Wildman–Crippen LogP) is 4.28. The SMILES string of the molecule is O=C(/C=C/c1ccc(OCCN2CCOCC2)cc1)c1ccc(N2CCCCC2)cc1. The van der Waals surface area contributed by atoms with Crippen LogP contribution in [-0.4, -0.2) is 63.2 Å². The molecule has 5 nitrogen and oxygen atoms in total. The molecule has 2 fully saturated rings. The van der Waals surface area contributed by atoms with E-state index in [0.717, 1.165) is 62.8 Å². The third-order valence-electron chi connectivity index (χ3n) is 5.96. The fourth-order valence-electron chi connectivity index (χ4n) is 4.05. The van der Waals surface area contributed by atoms with Gasteiger partial charge in [-0.15, -0.1) is 0 Å². The van der Waals surface area contributed by atoms with E-state index in [1.165, 1.54) is 24.9 Å². The minimum Gasteiger partial charge on any atom is -0.492 e. The van der Waals surface area contributed by atoms with Crippen LogP contribution in [0.2, 0.25) is 0 Å². The highest BCUT2D eigenvalue weighted by Crippen LogP contribution is 2.21. The Morgan fingerprint density at radius 1 is 0.903 bits per heavy atom. The molecule has 2 heterocycles. The first-order valence-corrected chi connectivity index (χ1v) is 11.4. The summed E-state index contributed by atoms with van der Waals surface area (Å²) >= 11 is 0. The standard InChI is InChI=1S/C26H32N2O3/c29-26(23-7-9-24(10-8-23)28-14-2-1-3-15-28)13-6-22-4-11-25(12-5-22)31-21-18-27-16-19-30-20-17-27/h4-13H,1-3,14-21H2/b13-6+. The Kier molecular flexibility index (Phi) is 7.75. The number of hydrogen-bond acceptors (Lipinski definition) is 5. The Hall–Kier alpha value is -2.63. The summed E-state index contributed by atoms with van der Waals surface area (Å²) in [4.78, 5) is 17.3. The van der Waals surface area contributed by atoms with Crippen molar-refractivity contribution in [2.75, 3.05) is 57.4 Å². The molecule has 0 amide bonds. The number of allylic oxidation sites excluding steroid dienone is 1. The van der Waals surface area contributed by atoms with Crippen LogP contribution in [0, 0.1) is 0 Å². The number of hydrogen-bond donors (Lipinski definition) is 0. The lowest BCUT2D eigenvalue weighted by molar-refractivity contribution is 0.0322. The van der Waals surface area contributed by atoms with Gasteiger partial charge in [0.25, 0.3) is 0 Å². The lowest BCUT2D eigenvalue weighted by Crippen LogP contribution is -2.38. The van der Waals surface area contributed by atoms with Gasteiger partial charge in [-0.1, -0.05) is 18.2 Å². The maximum absolute atomic E-state index is 12.5. The molecule has 164 valence electrons. The van der Waals surface area contributed by atoms with E-state index in [4.69, 9.17) is 9.47 Å². The first-order valence-electron chi connectivity index (χ1n) is 11.4. The van der Waals surface area contributed by atoms with Crippen molar-refractivity contribution < 1.29 is 14.3 Å². The zero-order valence-electron chi connectivity index (χ0n) is 18.2. The van der Waals surface area contributed by atoms with Crippen LogP contribution in [0.4, 0.5) is 5.69 Å². The van der Waals surface area contributed by atoms with Crippen LogP contribution in [0.3, 0.4) is 0 Å². The number of carbonyl (C=O) groups is 1. The van der Waals surface area contributed by atoms with Gasteiger partial charge in [0.05, 0.1) is 13.2 Å². The molecular weight excluding hydrogens is 388 g/mol. The summed E-state index contributed by atoms with van der Waals surface area (Å²) in [6.45, 7) is 7.37. The van der Waals surface area contributed by atoms with Crippen molar-refractivity contribution in [1.82, 2.24) is 4.90 Å². The highest BCUT2D eigenvalue weighted by Gasteiger charge is 2.12. The summed E-state index contributed by atoms with van der Waals surface area (Å²) in [5.41, 5.74) is 2.92. The highest BCUT2D eigenvalue weighted by molar-refractivity contribution is 6.07. The second-order valence-electron chi connectivity index (χ2n) is 8.16. The van der Waals surface area contributed by atoms with Crippen LogP contribution in [0.25, 0.3) is 6.08 Å². The lowest BCUT2D eigenvalue weighted by Gasteiger charge is -2.28. The predicted molar refractivity (Wildman–Crippen MR) is 125 cm³/mol. The van der Waals surface area contributed by atoms with Gasteiger partial charge in [-0.05, 0) is 67.3 Å². The minimum atomic E-state index is 0.0241. The van der Waals surface area contributed by atoms with Crippen LogP contribution in [0.5, 0.6) is 5.75 Å². The maximum Gasteiger partial charge on any atom is 0.185 e. The van der Waals surface area contributed by atoms with Crippen molar-refractivity contribution in [2.45, 2.75) is 19.3 Å². The number of ketones is 1. The summed E-state index contributed by atoms with van der Waals surface area (Å²) in [6.07, 6.45) is 7.32. The van der Waals surface area contributed by atoms with Gasteiger partial charge in [0.1, 0.15) is 12.4 Å². The number of piperidine rings is 1. The average molecular weight is 421 g/mol. The highest BCUT2D eigenvalue weighted by atomic mass is 16.5. The van der Waals surface area contributed by atoms with Crippen molar-refractivity contribution in [1.29, 1.82) is 0 Å². The second kappa shape index (κ2) is 11.1. The van der Waals surface area contributed by atoms with E-state index in [2.05, 4.69) is 21.9 Å². The third kappa shape index (κ3) is 6.42. The van der Waals surface area contributed by atoms with Crippen LogP contribution in [-0.2, 0) is 4.74 Å². The van der Waals surface area contributed by atoms with Crippen molar-refractivity contribution in [3.8, 4) is 5.75 Å². The smallest absolute Gasteiger partial charge is 0.185 e. The number of carbonyl (C=O) groups excluding carboxylic acids is 1. The molecule has 2 aromatic rings. The first kappa shape index (κ1) is 21.6. The zero-order valence-corrected chi connectivity index (χ0v) is 18.2. The molecule has 4 rings (SSSR count). The topological polar surface area (TPSA) is 42.0 Å². The van der Waals surface area contributed by atoms with Gasteiger partial charge in [-0.3, -0.25) is 9.69 Å². The maximum atomic E-state index is 12.5. The molecule has 0 bridgehead atoms. The fraction of sp³-hybridized carbons (Fsp3) is 0.423. The van der Waals surface area contributed by atoms with E-state index in [9.17, 15) is 4.79 Å². The molecule has 0 spiro atoms. The number of anilines is 1. The van der Waals surface area contributed by atoms with E-state index >= 15 is 0 Å². The van der Waals surface area contributed by atoms with Crippen molar-refractivity contribution >= 4 is 17.5 Å². The van der Waals surface area contributed by atoms with Crippen molar-refractivity contribution in [2.24, 2.45) is 0 Å². The number of rotatable bonds is 8. The molecule has 0 atom stereocenters. The summed E-state index contributed by atoms with van der Waals surface area (Å²) in [5, 5.41) is 0. The van der Waals surface area contributed by atoms with Gasteiger partial charge in [-0.25, -0.2) is 0 Å². The Morgan fingerprint density at radius 3 is 2.32 bits per heavy atom. The number of ether oxygens (including phenoxy) is 2. The van der Waals surface area contributed by atoms with Crippen LogP contribution < -0.4 is 9.64 Å². The third-order valence-corrected chi connectivity index (χ3v) is 5.96. The Balaban J connectivity index is 1.25. The average Bonchev–Trinajstić information content (AvgIpc) is 2.85. The van der Waals surface area contributed by atoms with E-state index in [-0.39, 0.29) is 5.78 Å². The van der Waals surface area contributed by atoms with Gasteiger partial charge in [0, 0.05) is 44.0 Å². The van der Waals surface area contributed by atoms with Crippen LogP contribution in [0.15, 0.2) is 54.6 Å². The van der Waals surface area contributed by atoms with Gasteiger partial charge in [-0.2, -0.15) is 0 Å². The molecule has 31 heavy (non-hydrogen) atoms. The molecule has 0 aromatic heterocycles. The molecule has 0 saturated carbocycles. The molecule has 0 aliphatic carbocycles. The van der Waals surface area contributed by atoms with Crippen LogP contribution in [0.1, 0.15) is 35.2 Å². The molecule has 0 radical (unpaired) electrons. The molecular formula is C26H32N2O3.